The molecule has 0 saturated heterocycles. The van der Waals surface area contributed by atoms with E-state index >= 15 is 0 Å². The van der Waals surface area contributed by atoms with Crippen LogP contribution in [-0.2, 0) is 0 Å². The number of hydrogen-bond donors (Lipinski definition) is 1. The fourth-order valence-electron chi connectivity index (χ4n) is 2.78. The topological polar surface area (TPSA) is 69.7 Å². The molecule has 0 unspecified atom stereocenters. The molecule has 152 valence electrons. The van der Waals surface area contributed by atoms with E-state index in [0.29, 0.717) is 33.8 Å². The molecule has 6 nitrogen and oxygen atoms in total. The maximum atomic E-state index is 12.7. The number of benzene rings is 2. The molecule has 1 N–H and O–H groups in total. The maximum absolute atomic E-state index is 12.7. The van der Waals surface area contributed by atoms with Gasteiger partial charge in [-0.3, -0.25) is 10.1 Å². The average molecular weight is 433 g/mol. The summed E-state index contributed by atoms with van der Waals surface area (Å²) in [6.45, 7) is 4.28. The minimum Gasteiger partial charge on any atom is -0.496 e. The third-order valence-corrected chi connectivity index (χ3v) is 5.17. The lowest BCUT2D eigenvalue weighted by molar-refractivity contribution is 0.102. The number of anilines is 1. The van der Waals surface area contributed by atoms with Gasteiger partial charge >= 0.3 is 0 Å². The van der Waals surface area contributed by atoms with Crippen LogP contribution in [-0.4, -0.2) is 31.7 Å². The smallest absolute Gasteiger partial charge is 0.257 e. The van der Waals surface area contributed by atoms with Crippen LogP contribution in [0.5, 0.6) is 17.2 Å². The Bertz CT molecular complexity index is 1040. The molecule has 29 heavy (non-hydrogen) atoms. The molecule has 0 bridgehead atoms. The van der Waals surface area contributed by atoms with Crippen molar-refractivity contribution in [2.24, 2.45) is 0 Å². The number of thiazole rings is 1. The Balaban J connectivity index is 1.84. The van der Waals surface area contributed by atoms with Crippen LogP contribution in [0.4, 0.5) is 5.13 Å². The second-order valence-electron chi connectivity index (χ2n) is 6.12. The first-order valence-electron chi connectivity index (χ1n) is 8.89. The van der Waals surface area contributed by atoms with E-state index in [-0.39, 0.29) is 5.91 Å². The summed E-state index contributed by atoms with van der Waals surface area (Å²) < 4.78 is 16.2. The number of rotatable bonds is 7. The highest BCUT2D eigenvalue weighted by molar-refractivity contribution is 7.14. The number of nitrogens with zero attached hydrogens (tertiary/aromatic N) is 1. The normalized spacial score (nSPS) is 10.5. The Morgan fingerprint density at radius 2 is 1.93 bits per heavy atom. The van der Waals surface area contributed by atoms with E-state index in [1.165, 1.54) is 18.4 Å². The highest BCUT2D eigenvalue weighted by Crippen LogP contribution is 2.37. The molecule has 0 fully saturated rings. The Hall–Kier alpha value is -2.77. The third-order valence-electron chi connectivity index (χ3n) is 4.14. The van der Waals surface area contributed by atoms with Gasteiger partial charge in [0, 0.05) is 16.5 Å². The van der Waals surface area contributed by atoms with Crippen LogP contribution in [0.25, 0.3) is 11.3 Å². The van der Waals surface area contributed by atoms with E-state index in [0.717, 1.165) is 22.6 Å². The van der Waals surface area contributed by atoms with Gasteiger partial charge in [-0.2, -0.15) is 0 Å². The van der Waals surface area contributed by atoms with Crippen molar-refractivity contribution in [2.45, 2.75) is 13.8 Å². The number of aromatic nitrogens is 1. The summed E-state index contributed by atoms with van der Waals surface area (Å²) in [7, 11) is 3.12. The summed E-state index contributed by atoms with van der Waals surface area (Å²) in [5, 5.41) is 5.45. The predicted molar refractivity (Wildman–Crippen MR) is 116 cm³/mol. The van der Waals surface area contributed by atoms with E-state index in [1.54, 1.807) is 19.2 Å². The van der Waals surface area contributed by atoms with Crippen LogP contribution in [0.3, 0.4) is 0 Å². The number of carbonyl (C=O) groups excluding carboxylic acids is 1. The van der Waals surface area contributed by atoms with E-state index in [9.17, 15) is 4.79 Å². The largest absolute Gasteiger partial charge is 0.496 e. The zero-order chi connectivity index (χ0) is 21.0. The van der Waals surface area contributed by atoms with Gasteiger partial charge in [0.25, 0.3) is 5.91 Å². The first-order valence-corrected chi connectivity index (χ1v) is 10.1. The van der Waals surface area contributed by atoms with Crippen LogP contribution in [0.1, 0.15) is 22.8 Å². The number of ether oxygens (including phenoxy) is 3. The molecule has 0 aliphatic carbocycles. The van der Waals surface area contributed by atoms with Gasteiger partial charge in [0.05, 0.1) is 31.5 Å². The number of nitrogens with one attached hydrogen (secondary N) is 1. The van der Waals surface area contributed by atoms with Crippen molar-refractivity contribution in [3.8, 4) is 28.5 Å². The molecule has 1 amide bonds. The fraction of sp³-hybridized carbons (Fsp3) is 0.238. The van der Waals surface area contributed by atoms with E-state index in [1.807, 2.05) is 37.4 Å². The Labute approximate surface area is 178 Å². The molecule has 8 heteroatoms. The van der Waals surface area contributed by atoms with Gasteiger partial charge in [-0.15, -0.1) is 11.3 Å². The minimum absolute atomic E-state index is 0.306. The van der Waals surface area contributed by atoms with Gasteiger partial charge in [0.1, 0.15) is 5.75 Å². The van der Waals surface area contributed by atoms with Crippen molar-refractivity contribution < 1.29 is 19.0 Å². The summed E-state index contributed by atoms with van der Waals surface area (Å²) in [5.41, 5.74) is 3.04. The van der Waals surface area contributed by atoms with Crippen molar-refractivity contribution in [2.75, 3.05) is 26.1 Å². The van der Waals surface area contributed by atoms with Gasteiger partial charge in [0.2, 0.25) is 0 Å². The molecular formula is C21H21ClN2O4S. The molecule has 0 aliphatic rings. The Morgan fingerprint density at radius 1 is 1.17 bits per heavy atom. The van der Waals surface area contributed by atoms with Crippen molar-refractivity contribution in [1.29, 1.82) is 0 Å². The molecule has 2 aromatic carbocycles. The zero-order valence-electron chi connectivity index (χ0n) is 16.5. The van der Waals surface area contributed by atoms with Crippen LogP contribution in [0, 0.1) is 6.92 Å². The van der Waals surface area contributed by atoms with Crippen LogP contribution < -0.4 is 19.5 Å². The monoisotopic (exact) mass is 432 g/mol. The molecule has 0 aliphatic heterocycles. The molecule has 3 aromatic rings. The lowest BCUT2D eigenvalue weighted by atomic mass is 10.1. The summed E-state index contributed by atoms with van der Waals surface area (Å²) in [6, 6.07) is 9.00. The second kappa shape index (κ2) is 9.15. The number of hydrogen-bond acceptors (Lipinski definition) is 6. The van der Waals surface area contributed by atoms with Crippen molar-refractivity contribution >= 4 is 34.0 Å². The van der Waals surface area contributed by atoms with Crippen LogP contribution in [0.15, 0.2) is 35.7 Å². The van der Waals surface area contributed by atoms with E-state index in [2.05, 4.69) is 10.3 Å². The number of carbonyl (C=O) groups is 1. The first-order chi connectivity index (χ1) is 14.0. The maximum Gasteiger partial charge on any atom is 0.257 e. The van der Waals surface area contributed by atoms with Gasteiger partial charge in [-0.05, 0) is 38.1 Å². The van der Waals surface area contributed by atoms with E-state index in [4.69, 9.17) is 25.8 Å². The highest BCUT2D eigenvalue weighted by atomic mass is 35.5. The molecule has 3 rings (SSSR count). The zero-order valence-corrected chi connectivity index (χ0v) is 18.1. The lowest BCUT2D eigenvalue weighted by Crippen LogP contribution is -2.12. The quantitative estimate of drug-likeness (QED) is 0.538. The number of methoxy groups -OCH3 is 2. The van der Waals surface area contributed by atoms with Gasteiger partial charge in [-0.25, -0.2) is 4.98 Å². The second-order valence-corrected chi connectivity index (χ2v) is 7.38. The highest BCUT2D eigenvalue weighted by Gasteiger charge is 2.17. The number of halogens is 1. The van der Waals surface area contributed by atoms with Gasteiger partial charge in [0.15, 0.2) is 16.6 Å². The standard InChI is InChI=1S/C21H21ClN2O4S/c1-5-28-19-15(22)9-13(10-18(19)27-4)20(25)24-21-23-16(11-29-21)14-8-12(2)6-7-17(14)26-3/h6-11H,5H2,1-4H3,(H,23,24,25). The average Bonchev–Trinajstić information content (AvgIpc) is 3.17. The molecule has 0 spiro atoms. The molecule has 0 atom stereocenters. The minimum atomic E-state index is -0.342. The predicted octanol–water partition coefficient (Wildman–Crippen LogP) is 5.44. The number of amides is 1. The molecule has 1 heterocycles. The van der Waals surface area contributed by atoms with Crippen molar-refractivity contribution in [1.82, 2.24) is 4.98 Å². The molecule has 1 aromatic heterocycles. The summed E-state index contributed by atoms with van der Waals surface area (Å²) in [4.78, 5) is 17.2. The Morgan fingerprint density at radius 3 is 2.62 bits per heavy atom. The Kier molecular flexibility index (Phi) is 6.61. The summed E-state index contributed by atoms with van der Waals surface area (Å²) in [6.07, 6.45) is 0. The van der Waals surface area contributed by atoms with Crippen LogP contribution >= 0.6 is 22.9 Å². The molecule has 0 radical (unpaired) electrons. The summed E-state index contributed by atoms with van der Waals surface area (Å²) >= 11 is 7.59. The molecular weight excluding hydrogens is 412 g/mol. The lowest BCUT2D eigenvalue weighted by Gasteiger charge is -2.12. The van der Waals surface area contributed by atoms with Crippen molar-refractivity contribution in [3.05, 3.63) is 51.9 Å². The van der Waals surface area contributed by atoms with E-state index < -0.39 is 0 Å². The van der Waals surface area contributed by atoms with Crippen LogP contribution in [0.2, 0.25) is 5.02 Å². The fourth-order valence-corrected chi connectivity index (χ4v) is 3.75. The third kappa shape index (κ3) is 4.63. The SMILES string of the molecule is CCOc1c(Cl)cc(C(=O)Nc2nc(-c3cc(C)ccc3OC)cs2)cc1OC. The van der Waals surface area contributed by atoms with Gasteiger partial charge < -0.3 is 14.2 Å². The molecule has 0 saturated carbocycles. The number of aryl methyl sites for hydroxylation is 1. The van der Waals surface area contributed by atoms with Gasteiger partial charge in [-0.1, -0.05) is 23.2 Å². The first kappa shape index (κ1) is 21.0. The summed E-state index contributed by atoms with van der Waals surface area (Å²) in [5.74, 6) is 1.19. The van der Waals surface area contributed by atoms with Crippen molar-refractivity contribution in [3.63, 3.8) is 0 Å².